The van der Waals surface area contributed by atoms with E-state index < -0.39 is 0 Å². The van der Waals surface area contributed by atoms with E-state index in [1.807, 2.05) is 7.05 Å². The molecule has 1 aromatic rings. The summed E-state index contributed by atoms with van der Waals surface area (Å²) in [4.78, 5) is 15.6. The lowest BCUT2D eigenvalue weighted by Crippen LogP contribution is -2.31. The van der Waals surface area contributed by atoms with Crippen LogP contribution in [-0.4, -0.2) is 32.3 Å². The summed E-state index contributed by atoms with van der Waals surface area (Å²) in [5, 5.41) is 0. The quantitative estimate of drug-likeness (QED) is 0.844. The van der Waals surface area contributed by atoms with Crippen LogP contribution in [0.4, 0.5) is 11.4 Å². The predicted molar refractivity (Wildman–Crippen MR) is 79.9 cm³/mol. The van der Waals surface area contributed by atoms with E-state index >= 15 is 0 Å². The third kappa shape index (κ3) is 2.64. The van der Waals surface area contributed by atoms with Crippen LogP contribution < -0.4 is 9.80 Å². The number of rotatable bonds is 4. The van der Waals surface area contributed by atoms with Gasteiger partial charge in [0.2, 0.25) is 5.91 Å². The summed E-state index contributed by atoms with van der Waals surface area (Å²) in [5.74, 6) is 1.12. The van der Waals surface area contributed by atoms with E-state index in [0.29, 0.717) is 6.42 Å². The molecule has 0 saturated carbocycles. The highest BCUT2D eigenvalue weighted by Gasteiger charge is 2.21. The molecule has 0 spiro atoms. The second-order valence-electron chi connectivity index (χ2n) is 4.76. The summed E-state index contributed by atoms with van der Waals surface area (Å²) in [6, 6.07) is 6.35. The number of thiol groups is 1. The third-order valence-electron chi connectivity index (χ3n) is 3.50. The van der Waals surface area contributed by atoms with E-state index in [0.717, 1.165) is 30.8 Å². The summed E-state index contributed by atoms with van der Waals surface area (Å²) in [6.07, 6.45) is 2.55. The monoisotopic (exact) mass is 264 g/mol. The first-order chi connectivity index (χ1) is 8.63. The van der Waals surface area contributed by atoms with E-state index in [9.17, 15) is 4.79 Å². The zero-order valence-electron chi connectivity index (χ0n) is 11.0. The molecule has 0 bridgehead atoms. The van der Waals surface area contributed by atoms with Crippen LogP contribution in [0.15, 0.2) is 18.2 Å². The Labute approximate surface area is 114 Å². The minimum atomic E-state index is 0.207. The number of fused-ring (bicyclic) bond motifs is 1. The van der Waals surface area contributed by atoms with Crippen molar-refractivity contribution in [2.75, 3.05) is 36.2 Å². The van der Waals surface area contributed by atoms with Gasteiger partial charge >= 0.3 is 0 Å². The molecule has 0 radical (unpaired) electrons. The maximum absolute atomic E-state index is 11.6. The summed E-state index contributed by atoms with van der Waals surface area (Å²) in [6.45, 7) is 1.01. The SMILES string of the molecule is CN(CCCS)c1ccc2c(c1)CCC(=O)N2C. The van der Waals surface area contributed by atoms with Crippen molar-refractivity contribution in [3.8, 4) is 0 Å². The van der Waals surface area contributed by atoms with Crippen molar-refractivity contribution in [1.82, 2.24) is 0 Å². The Morgan fingerprint density at radius 2 is 2.17 bits per heavy atom. The Morgan fingerprint density at radius 3 is 2.89 bits per heavy atom. The number of carbonyl (C=O) groups excluding carboxylic acids is 1. The molecule has 0 N–H and O–H groups in total. The number of aryl methyl sites for hydroxylation is 1. The molecule has 0 aliphatic carbocycles. The van der Waals surface area contributed by atoms with Gasteiger partial charge in [0.1, 0.15) is 0 Å². The van der Waals surface area contributed by atoms with Gasteiger partial charge in [-0.25, -0.2) is 0 Å². The van der Waals surface area contributed by atoms with Gasteiger partial charge < -0.3 is 9.80 Å². The number of hydrogen-bond donors (Lipinski definition) is 1. The lowest BCUT2D eigenvalue weighted by molar-refractivity contribution is -0.118. The second kappa shape index (κ2) is 5.65. The average Bonchev–Trinajstić information content (AvgIpc) is 2.40. The van der Waals surface area contributed by atoms with Crippen molar-refractivity contribution in [2.24, 2.45) is 0 Å². The lowest BCUT2D eigenvalue weighted by Gasteiger charge is -2.28. The maximum atomic E-state index is 11.6. The summed E-state index contributed by atoms with van der Waals surface area (Å²) in [5.41, 5.74) is 3.54. The van der Waals surface area contributed by atoms with Gasteiger partial charge in [0.15, 0.2) is 0 Å². The molecular formula is C14H20N2OS. The van der Waals surface area contributed by atoms with Crippen LogP contribution in [0.1, 0.15) is 18.4 Å². The van der Waals surface area contributed by atoms with Crippen LogP contribution in [-0.2, 0) is 11.2 Å². The minimum Gasteiger partial charge on any atom is -0.375 e. The van der Waals surface area contributed by atoms with Gasteiger partial charge in [-0.2, -0.15) is 12.6 Å². The molecule has 1 amide bonds. The molecule has 0 fully saturated rings. The van der Waals surface area contributed by atoms with Crippen molar-refractivity contribution in [3.05, 3.63) is 23.8 Å². The molecular weight excluding hydrogens is 244 g/mol. The molecule has 0 aromatic heterocycles. The van der Waals surface area contributed by atoms with Crippen LogP contribution in [0.5, 0.6) is 0 Å². The minimum absolute atomic E-state index is 0.207. The highest BCUT2D eigenvalue weighted by molar-refractivity contribution is 7.80. The average molecular weight is 264 g/mol. The van der Waals surface area contributed by atoms with Gasteiger partial charge in [-0.05, 0) is 42.4 Å². The number of nitrogens with zero attached hydrogens (tertiary/aromatic N) is 2. The van der Waals surface area contributed by atoms with Gasteiger partial charge in [0.05, 0.1) is 0 Å². The van der Waals surface area contributed by atoms with Crippen molar-refractivity contribution in [3.63, 3.8) is 0 Å². The Kier molecular flexibility index (Phi) is 4.17. The molecule has 0 atom stereocenters. The van der Waals surface area contributed by atoms with Crippen LogP contribution in [0.2, 0.25) is 0 Å². The lowest BCUT2D eigenvalue weighted by atomic mass is 10.0. The fourth-order valence-corrected chi connectivity index (χ4v) is 2.46. The van der Waals surface area contributed by atoms with E-state index in [2.05, 4.69) is 42.8 Å². The van der Waals surface area contributed by atoms with Gasteiger partial charge in [-0.3, -0.25) is 4.79 Å². The Morgan fingerprint density at radius 1 is 1.39 bits per heavy atom. The van der Waals surface area contributed by atoms with Gasteiger partial charge in [-0.15, -0.1) is 0 Å². The van der Waals surface area contributed by atoms with Crippen LogP contribution in [0, 0.1) is 0 Å². The van der Waals surface area contributed by atoms with Gasteiger partial charge in [0, 0.05) is 38.4 Å². The van der Waals surface area contributed by atoms with Crippen molar-refractivity contribution in [2.45, 2.75) is 19.3 Å². The summed E-state index contributed by atoms with van der Waals surface area (Å²) in [7, 11) is 3.95. The fraction of sp³-hybridized carbons (Fsp3) is 0.500. The number of benzene rings is 1. The first kappa shape index (κ1) is 13.3. The topological polar surface area (TPSA) is 23.6 Å². The Hall–Kier alpha value is -1.16. The van der Waals surface area contributed by atoms with E-state index in [4.69, 9.17) is 0 Å². The molecule has 98 valence electrons. The van der Waals surface area contributed by atoms with Crippen molar-refractivity contribution >= 4 is 29.9 Å². The van der Waals surface area contributed by atoms with Crippen LogP contribution in [0.25, 0.3) is 0 Å². The third-order valence-corrected chi connectivity index (χ3v) is 3.82. The first-order valence-corrected chi connectivity index (χ1v) is 6.98. The van der Waals surface area contributed by atoms with Crippen molar-refractivity contribution in [1.29, 1.82) is 0 Å². The molecule has 0 unspecified atom stereocenters. The number of carbonyl (C=O) groups is 1. The van der Waals surface area contributed by atoms with E-state index in [-0.39, 0.29) is 5.91 Å². The second-order valence-corrected chi connectivity index (χ2v) is 5.21. The smallest absolute Gasteiger partial charge is 0.227 e. The molecule has 1 heterocycles. The largest absolute Gasteiger partial charge is 0.375 e. The highest BCUT2D eigenvalue weighted by atomic mass is 32.1. The molecule has 1 aliphatic heterocycles. The molecule has 0 saturated heterocycles. The molecule has 1 aliphatic rings. The van der Waals surface area contributed by atoms with Gasteiger partial charge in [-0.1, -0.05) is 0 Å². The van der Waals surface area contributed by atoms with Crippen molar-refractivity contribution < 1.29 is 4.79 Å². The van der Waals surface area contributed by atoms with Gasteiger partial charge in [0.25, 0.3) is 0 Å². The zero-order chi connectivity index (χ0) is 13.1. The molecule has 4 heteroatoms. The normalized spacial score (nSPS) is 14.6. The Balaban J connectivity index is 2.20. The molecule has 18 heavy (non-hydrogen) atoms. The van der Waals surface area contributed by atoms with Crippen LogP contribution >= 0.6 is 12.6 Å². The first-order valence-electron chi connectivity index (χ1n) is 6.35. The number of hydrogen-bond acceptors (Lipinski definition) is 3. The highest BCUT2D eigenvalue weighted by Crippen LogP contribution is 2.30. The fourth-order valence-electron chi connectivity index (χ4n) is 2.32. The summed E-state index contributed by atoms with van der Waals surface area (Å²) < 4.78 is 0. The molecule has 2 rings (SSSR count). The van der Waals surface area contributed by atoms with E-state index in [1.54, 1.807) is 4.90 Å². The molecule has 3 nitrogen and oxygen atoms in total. The van der Waals surface area contributed by atoms with Crippen LogP contribution in [0.3, 0.4) is 0 Å². The number of anilines is 2. The zero-order valence-corrected chi connectivity index (χ0v) is 11.9. The standard InChI is InChI=1S/C14H20N2OS/c1-15(8-3-9-18)12-5-6-13-11(10-12)4-7-14(17)16(13)2/h5-6,10,18H,3-4,7-9H2,1-2H3. The predicted octanol–water partition coefficient (Wildman–Crippen LogP) is 2.35. The molecule has 1 aromatic carbocycles. The Bertz CT molecular complexity index is 447. The maximum Gasteiger partial charge on any atom is 0.227 e. The number of amides is 1. The summed E-state index contributed by atoms with van der Waals surface area (Å²) >= 11 is 4.24. The van der Waals surface area contributed by atoms with E-state index in [1.165, 1.54) is 11.3 Å².